The van der Waals surface area contributed by atoms with Crippen LogP contribution < -0.4 is 5.32 Å². The standard InChI is InChI=1S/C13H18N2O2/c1-3-4-5-9-14-13(17)12-8-6-7-11(15-12)10(2)16/h6-8H,3-5,9H2,1-2H3,(H,14,17). The van der Waals surface area contributed by atoms with Gasteiger partial charge in [-0.05, 0) is 18.6 Å². The van der Waals surface area contributed by atoms with Gasteiger partial charge in [-0.1, -0.05) is 25.8 Å². The van der Waals surface area contributed by atoms with Gasteiger partial charge >= 0.3 is 0 Å². The first-order valence-electron chi connectivity index (χ1n) is 5.91. The van der Waals surface area contributed by atoms with Crippen LogP contribution >= 0.6 is 0 Å². The Morgan fingerprint density at radius 2 is 1.94 bits per heavy atom. The third-order valence-corrected chi connectivity index (χ3v) is 2.41. The molecule has 4 nitrogen and oxygen atoms in total. The zero-order valence-corrected chi connectivity index (χ0v) is 10.3. The van der Waals surface area contributed by atoms with E-state index in [1.54, 1.807) is 18.2 Å². The summed E-state index contributed by atoms with van der Waals surface area (Å²) >= 11 is 0. The molecule has 0 unspecified atom stereocenters. The molecule has 1 aromatic rings. The number of hydrogen-bond acceptors (Lipinski definition) is 3. The first-order valence-corrected chi connectivity index (χ1v) is 5.91. The van der Waals surface area contributed by atoms with Crippen LogP contribution in [-0.4, -0.2) is 23.2 Å². The number of unbranched alkanes of at least 4 members (excludes halogenated alkanes) is 2. The van der Waals surface area contributed by atoms with Gasteiger partial charge in [0.1, 0.15) is 11.4 Å². The molecule has 1 rings (SSSR count). The molecule has 0 bridgehead atoms. The fraction of sp³-hybridized carbons (Fsp3) is 0.462. The van der Waals surface area contributed by atoms with Crippen LogP contribution in [0.4, 0.5) is 0 Å². The third-order valence-electron chi connectivity index (χ3n) is 2.41. The number of hydrogen-bond donors (Lipinski definition) is 1. The first kappa shape index (κ1) is 13.4. The molecular weight excluding hydrogens is 216 g/mol. The molecule has 17 heavy (non-hydrogen) atoms. The second-order valence-corrected chi connectivity index (χ2v) is 3.93. The summed E-state index contributed by atoms with van der Waals surface area (Å²) in [5, 5.41) is 2.79. The third kappa shape index (κ3) is 4.34. The van der Waals surface area contributed by atoms with Gasteiger partial charge in [0.2, 0.25) is 0 Å². The number of carbonyl (C=O) groups is 2. The second-order valence-electron chi connectivity index (χ2n) is 3.93. The molecule has 4 heteroatoms. The number of ketones is 1. The maximum absolute atomic E-state index is 11.7. The highest BCUT2D eigenvalue weighted by Gasteiger charge is 2.08. The molecule has 0 aliphatic carbocycles. The summed E-state index contributed by atoms with van der Waals surface area (Å²) in [6, 6.07) is 4.89. The molecule has 0 saturated carbocycles. The lowest BCUT2D eigenvalue weighted by atomic mass is 10.2. The van der Waals surface area contributed by atoms with Crippen molar-refractivity contribution in [1.82, 2.24) is 10.3 Å². The van der Waals surface area contributed by atoms with E-state index in [2.05, 4.69) is 17.2 Å². The van der Waals surface area contributed by atoms with Crippen LogP contribution in [0.5, 0.6) is 0 Å². The Morgan fingerprint density at radius 3 is 2.59 bits per heavy atom. The molecule has 0 spiro atoms. The van der Waals surface area contributed by atoms with E-state index < -0.39 is 0 Å². The number of pyridine rings is 1. The van der Waals surface area contributed by atoms with Crippen molar-refractivity contribution in [3.63, 3.8) is 0 Å². The van der Waals surface area contributed by atoms with Gasteiger partial charge in [-0.2, -0.15) is 0 Å². The van der Waals surface area contributed by atoms with Crippen molar-refractivity contribution in [2.24, 2.45) is 0 Å². The summed E-state index contributed by atoms with van der Waals surface area (Å²) in [5.74, 6) is -0.352. The van der Waals surface area contributed by atoms with Crippen LogP contribution in [0, 0.1) is 0 Å². The monoisotopic (exact) mass is 234 g/mol. The highest BCUT2D eigenvalue weighted by Crippen LogP contribution is 2.01. The van der Waals surface area contributed by atoms with E-state index in [0.717, 1.165) is 19.3 Å². The Labute approximate surface area is 101 Å². The van der Waals surface area contributed by atoms with Crippen molar-refractivity contribution in [3.05, 3.63) is 29.6 Å². The van der Waals surface area contributed by atoms with Crippen LogP contribution in [0.2, 0.25) is 0 Å². The van der Waals surface area contributed by atoms with Crippen molar-refractivity contribution in [3.8, 4) is 0 Å². The Bertz CT molecular complexity index is 402. The fourth-order valence-corrected chi connectivity index (χ4v) is 1.42. The van der Waals surface area contributed by atoms with E-state index in [1.165, 1.54) is 6.92 Å². The fourth-order valence-electron chi connectivity index (χ4n) is 1.42. The van der Waals surface area contributed by atoms with Crippen molar-refractivity contribution >= 4 is 11.7 Å². The summed E-state index contributed by atoms with van der Waals surface area (Å²) < 4.78 is 0. The van der Waals surface area contributed by atoms with Gasteiger partial charge in [0.15, 0.2) is 5.78 Å². The second kappa shape index (κ2) is 6.78. The van der Waals surface area contributed by atoms with Gasteiger partial charge in [0.05, 0.1) is 0 Å². The lowest BCUT2D eigenvalue weighted by Gasteiger charge is -2.04. The van der Waals surface area contributed by atoms with Crippen molar-refractivity contribution < 1.29 is 9.59 Å². The smallest absolute Gasteiger partial charge is 0.269 e. The molecule has 1 amide bonds. The Kier molecular flexibility index (Phi) is 5.33. The zero-order chi connectivity index (χ0) is 12.7. The van der Waals surface area contributed by atoms with E-state index in [4.69, 9.17) is 0 Å². The molecule has 0 aromatic carbocycles. The summed E-state index contributed by atoms with van der Waals surface area (Å²) in [6.07, 6.45) is 3.18. The maximum atomic E-state index is 11.7. The van der Waals surface area contributed by atoms with Gasteiger partial charge < -0.3 is 5.32 Å². The van der Waals surface area contributed by atoms with Gasteiger partial charge in [0, 0.05) is 13.5 Å². The number of rotatable bonds is 6. The van der Waals surface area contributed by atoms with E-state index in [9.17, 15) is 9.59 Å². The molecule has 1 heterocycles. The van der Waals surface area contributed by atoms with E-state index >= 15 is 0 Å². The largest absolute Gasteiger partial charge is 0.351 e. The molecule has 0 saturated heterocycles. The number of aromatic nitrogens is 1. The first-order chi connectivity index (χ1) is 8.15. The number of Topliss-reactive ketones (excluding diaryl/α,β-unsaturated/α-hetero) is 1. The summed E-state index contributed by atoms with van der Waals surface area (Å²) in [5.41, 5.74) is 0.625. The Balaban J connectivity index is 2.56. The van der Waals surface area contributed by atoms with Crippen molar-refractivity contribution in [2.75, 3.05) is 6.54 Å². The van der Waals surface area contributed by atoms with Crippen molar-refractivity contribution in [2.45, 2.75) is 33.1 Å². The van der Waals surface area contributed by atoms with Gasteiger partial charge in [-0.25, -0.2) is 4.98 Å². The van der Waals surface area contributed by atoms with Crippen LogP contribution in [0.25, 0.3) is 0 Å². The SMILES string of the molecule is CCCCCNC(=O)c1cccc(C(C)=O)n1. The van der Waals surface area contributed by atoms with Crippen LogP contribution in [-0.2, 0) is 0 Å². The molecule has 0 fully saturated rings. The average molecular weight is 234 g/mol. The highest BCUT2D eigenvalue weighted by molar-refractivity contribution is 5.96. The van der Waals surface area contributed by atoms with Crippen LogP contribution in [0.1, 0.15) is 54.1 Å². The average Bonchev–Trinajstić information content (AvgIpc) is 2.34. The minimum absolute atomic E-state index is 0.134. The molecular formula is C13H18N2O2. The van der Waals surface area contributed by atoms with E-state index in [1.807, 2.05) is 0 Å². The molecule has 1 aromatic heterocycles. The number of nitrogens with zero attached hydrogens (tertiary/aromatic N) is 1. The van der Waals surface area contributed by atoms with E-state index in [0.29, 0.717) is 17.9 Å². The zero-order valence-electron chi connectivity index (χ0n) is 10.3. The van der Waals surface area contributed by atoms with Gasteiger partial charge in [-0.3, -0.25) is 9.59 Å². The molecule has 0 aliphatic rings. The minimum Gasteiger partial charge on any atom is -0.351 e. The number of carbonyl (C=O) groups excluding carboxylic acids is 2. The Morgan fingerprint density at radius 1 is 1.24 bits per heavy atom. The molecule has 0 atom stereocenters. The lowest BCUT2D eigenvalue weighted by Crippen LogP contribution is -2.25. The lowest BCUT2D eigenvalue weighted by molar-refractivity contribution is 0.0947. The molecule has 0 radical (unpaired) electrons. The Hall–Kier alpha value is -1.71. The predicted molar refractivity (Wildman–Crippen MR) is 66.1 cm³/mol. The van der Waals surface area contributed by atoms with Crippen LogP contribution in [0.15, 0.2) is 18.2 Å². The summed E-state index contributed by atoms with van der Waals surface area (Å²) in [4.78, 5) is 26.8. The quantitative estimate of drug-likeness (QED) is 0.606. The minimum atomic E-state index is -0.218. The van der Waals surface area contributed by atoms with Crippen molar-refractivity contribution in [1.29, 1.82) is 0 Å². The van der Waals surface area contributed by atoms with E-state index in [-0.39, 0.29) is 11.7 Å². The summed E-state index contributed by atoms with van der Waals surface area (Å²) in [6.45, 7) is 4.20. The summed E-state index contributed by atoms with van der Waals surface area (Å²) in [7, 11) is 0. The molecule has 0 aliphatic heterocycles. The van der Waals surface area contributed by atoms with Crippen LogP contribution in [0.3, 0.4) is 0 Å². The predicted octanol–water partition coefficient (Wildman–Crippen LogP) is 2.20. The normalized spacial score (nSPS) is 10.0. The number of amides is 1. The topological polar surface area (TPSA) is 59.1 Å². The maximum Gasteiger partial charge on any atom is 0.269 e. The highest BCUT2D eigenvalue weighted by atomic mass is 16.2. The van der Waals surface area contributed by atoms with Gasteiger partial charge in [-0.15, -0.1) is 0 Å². The van der Waals surface area contributed by atoms with Gasteiger partial charge in [0.25, 0.3) is 5.91 Å². The molecule has 1 N–H and O–H groups in total. The molecule has 92 valence electrons. The number of nitrogens with one attached hydrogen (secondary N) is 1.